The molecule has 0 aromatic rings. The minimum absolute atomic E-state index is 0. The summed E-state index contributed by atoms with van der Waals surface area (Å²) in [5.41, 5.74) is 0. The van der Waals surface area contributed by atoms with Gasteiger partial charge in [0, 0.05) is 35.0 Å². The van der Waals surface area contributed by atoms with Gasteiger partial charge in [-0.25, -0.2) is 0 Å². The molecule has 10 heavy (non-hydrogen) atoms. The van der Waals surface area contributed by atoms with Crippen LogP contribution >= 0.6 is 0 Å². The molecule has 10 heteroatoms. The van der Waals surface area contributed by atoms with Gasteiger partial charge in [-0.05, 0) is 0 Å². The molecule has 0 bridgehead atoms. The van der Waals surface area contributed by atoms with Crippen molar-refractivity contribution in [3.8, 4) is 0 Å². The van der Waals surface area contributed by atoms with Crippen LogP contribution < -0.4 is 24.6 Å². The first-order chi connectivity index (χ1) is 2.00. The van der Waals surface area contributed by atoms with Crippen molar-refractivity contribution < 1.29 is 37.9 Å². The van der Waals surface area contributed by atoms with Gasteiger partial charge in [0.05, 0.1) is 0 Å². The van der Waals surface area contributed by atoms with E-state index in [4.69, 9.17) is 17.5 Å². The molecule has 0 aromatic heterocycles. The maximum Gasteiger partial charge on any atom is 2.00 e. The maximum atomic E-state index is 8.52. The molecule has 0 heterocycles. The van der Waals surface area contributed by atoms with Crippen LogP contribution in [-0.2, 0) is 30.8 Å². The summed E-state index contributed by atoms with van der Waals surface area (Å²) in [5.74, 6) is 0. The predicted octanol–water partition coefficient (Wildman–Crippen LogP) is -3.26. The summed E-state index contributed by atoms with van der Waals surface area (Å²) in [6.45, 7) is 0. The van der Waals surface area contributed by atoms with E-state index >= 15 is 0 Å². The van der Waals surface area contributed by atoms with Crippen molar-refractivity contribution in [2.45, 2.75) is 0 Å². The molecule has 0 unspecified atom stereocenters. The Labute approximate surface area is 73.3 Å². The molecular weight excluding hydrogens is 259 g/mol. The standard InChI is InChI=1S/4N.H2O4S.Pd/c;;;;1-5(2,3)4;/h;;;;(H2,1,2,3,4);/q;;;;;+2/p-2. The molecule has 0 N–H and O–H groups in total. The number of nitrogens with zero attached hydrogens (tertiary/aromatic N) is 4. The average Bonchev–Trinajstić information content (AvgIpc) is 0.722. The van der Waals surface area contributed by atoms with Gasteiger partial charge in [0.25, 0.3) is 0 Å². The van der Waals surface area contributed by atoms with Crippen molar-refractivity contribution in [2.75, 3.05) is 0 Å². The number of hydrogen-bond acceptors (Lipinski definition) is 4. The van der Waals surface area contributed by atoms with E-state index in [1.807, 2.05) is 0 Å². The van der Waals surface area contributed by atoms with E-state index < -0.39 is 10.4 Å². The second-order valence-electron chi connectivity index (χ2n) is 0.408. The van der Waals surface area contributed by atoms with Crippen LogP contribution in [0.5, 0.6) is 0 Å². The fraction of sp³-hybridized carbons (Fsp3) is 0. The Morgan fingerprint density at radius 1 is 0.800 bits per heavy atom. The summed E-state index contributed by atoms with van der Waals surface area (Å²) in [7, 11) is -5.17. The Morgan fingerprint density at radius 2 is 0.800 bits per heavy atom. The van der Waals surface area contributed by atoms with E-state index in [0.717, 1.165) is 0 Å². The Morgan fingerprint density at radius 3 is 0.800 bits per heavy atom. The zero-order chi connectivity index (χ0) is 4.50. The van der Waals surface area contributed by atoms with Crippen molar-refractivity contribution in [3.05, 3.63) is 0 Å². The molecule has 0 spiro atoms. The molecule has 0 saturated heterocycles. The molecule has 12 radical (unpaired) electrons. The van der Waals surface area contributed by atoms with Crippen molar-refractivity contribution in [1.29, 1.82) is 0 Å². The SMILES string of the molecule is O=S(=O)([O-])[O-].[N].[N].[N].[N].[Pd+2]. The molecule has 0 aromatic carbocycles. The normalized spacial score (nSPS) is 5.80. The van der Waals surface area contributed by atoms with E-state index in [9.17, 15) is 0 Å². The van der Waals surface area contributed by atoms with Crippen molar-refractivity contribution >= 4 is 10.4 Å². The zero-order valence-electron chi connectivity index (χ0n) is 4.15. The molecule has 0 rings (SSSR count). The minimum atomic E-state index is -5.17. The topological polar surface area (TPSA) is 202 Å². The summed E-state index contributed by atoms with van der Waals surface area (Å²) in [5, 5.41) is 0. The van der Waals surface area contributed by atoms with Crippen LogP contribution in [0.15, 0.2) is 0 Å². The Kier molecular flexibility index (Phi) is 77.1. The van der Waals surface area contributed by atoms with Crippen LogP contribution in [0.3, 0.4) is 0 Å². The van der Waals surface area contributed by atoms with Gasteiger partial charge in [0.15, 0.2) is 0 Å². The molecule has 0 fully saturated rings. The van der Waals surface area contributed by atoms with Gasteiger partial charge < -0.3 is 9.11 Å². The van der Waals surface area contributed by atoms with E-state index in [-0.39, 0.29) is 45.0 Å². The van der Waals surface area contributed by atoms with Crippen LogP contribution in [0.2, 0.25) is 0 Å². The van der Waals surface area contributed by atoms with Crippen LogP contribution in [0.4, 0.5) is 0 Å². The third kappa shape index (κ3) is 3280. The van der Waals surface area contributed by atoms with Gasteiger partial charge in [0.2, 0.25) is 0 Å². The summed E-state index contributed by atoms with van der Waals surface area (Å²) in [6, 6.07) is 0. The van der Waals surface area contributed by atoms with Crippen LogP contribution in [0.25, 0.3) is 0 Å². The first-order valence-electron chi connectivity index (χ1n) is 0.667. The van der Waals surface area contributed by atoms with Gasteiger partial charge in [0.1, 0.15) is 0 Å². The Bertz CT molecular complexity index is 100. The summed E-state index contributed by atoms with van der Waals surface area (Å²) in [4.78, 5) is 0. The monoisotopic (exact) mass is 258 g/mol. The predicted molar refractivity (Wildman–Crippen MR) is 19.0 cm³/mol. The molecular formula is N4O4PdS. The number of rotatable bonds is 0. The fourth-order valence-electron chi connectivity index (χ4n) is 0. The van der Waals surface area contributed by atoms with Crippen molar-refractivity contribution in [2.24, 2.45) is 0 Å². The van der Waals surface area contributed by atoms with Gasteiger partial charge in [-0.1, -0.05) is 0 Å². The molecule has 60 valence electrons. The summed E-state index contributed by atoms with van der Waals surface area (Å²) in [6.07, 6.45) is 0. The van der Waals surface area contributed by atoms with Crippen LogP contribution in [0.1, 0.15) is 0 Å². The average molecular weight is 259 g/mol. The third-order valence-electron chi connectivity index (χ3n) is 0. The smallest absolute Gasteiger partial charge is 0.759 e. The second-order valence-corrected chi connectivity index (χ2v) is 1.22. The van der Waals surface area contributed by atoms with Gasteiger partial charge in [-0.3, -0.25) is 8.42 Å². The molecule has 0 aliphatic heterocycles. The molecule has 0 atom stereocenters. The van der Waals surface area contributed by atoms with E-state index in [1.165, 1.54) is 0 Å². The van der Waals surface area contributed by atoms with E-state index in [1.54, 1.807) is 0 Å². The van der Waals surface area contributed by atoms with Gasteiger partial charge >= 0.3 is 20.4 Å². The minimum Gasteiger partial charge on any atom is -0.759 e. The van der Waals surface area contributed by atoms with E-state index in [0.29, 0.717) is 0 Å². The first kappa shape index (κ1) is 47.7. The quantitative estimate of drug-likeness (QED) is 0.249. The van der Waals surface area contributed by atoms with Crippen LogP contribution in [0, 0.1) is 0 Å². The Balaban J connectivity index is -0.00000000800. The molecule has 0 saturated carbocycles. The summed E-state index contributed by atoms with van der Waals surface area (Å²) >= 11 is 0. The molecule has 0 aliphatic rings. The van der Waals surface area contributed by atoms with Gasteiger partial charge in [-0.15, -0.1) is 0 Å². The van der Waals surface area contributed by atoms with Crippen molar-refractivity contribution in [3.63, 3.8) is 0 Å². The first-order valence-corrected chi connectivity index (χ1v) is 2.00. The number of hydrogen-bond donors (Lipinski definition) is 0. The van der Waals surface area contributed by atoms with E-state index in [2.05, 4.69) is 0 Å². The zero-order valence-corrected chi connectivity index (χ0v) is 6.52. The third-order valence-corrected chi connectivity index (χ3v) is 0. The Hall–Kier alpha value is 0.372. The molecule has 0 aliphatic carbocycles. The largest absolute Gasteiger partial charge is 2.00 e. The fourth-order valence-corrected chi connectivity index (χ4v) is 0. The molecule has 0 amide bonds. The van der Waals surface area contributed by atoms with Crippen LogP contribution in [-0.4, -0.2) is 17.5 Å². The summed E-state index contributed by atoms with van der Waals surface area (Å²) < 4.78 is 34.1. The van der Waals surface area contributed by atoms with Gasteiger partial charge in [-0.2, -0.15) is 0 Å². The van der Waals surface area contributed by atoms with Crippen molar-refractivity contribution in [1.82, 2.24) is 24.6 Å². The maximum absolute atomic E-state index is 8.52. The molecule has 8 nitrogen and oxygen atoms in total. The second kappa shape index (κ2) is 16.2.